The number of rotatable bonds is 9. The minimum absolute atomic E-state index is 0.142. The largest absolute Gasteiger partial charge is 0.465 e. The molecule has 2 rings (SSSR count). The molecule has 0 aromatic heterocycles. The molecule has 9 nitrogen and oxygen atoms in total. The molecule has 1 aromatic carbocycles. The van der Waals surface area contributed by atoms with Crippen LogP contribution in [0.3, 0.4) is 0 Å². The number of nitrogens with one attached hydrogen (secondary N) is 1. The van der Waals surface area contributed by atoms with Crippen molar-refractivity contribution in [3.63, 3.8) is 0 Å². The summed E-state index contributed by atoms with van der Waals surface area (Å²) in [6.45, 7) is 4.73. The molecule has 1 aliphatic heterocycles. The van der Waals surface area contributed by atoms with Crippen LogP contribution in [0.2, 0.25) is 0 Å². The molecular formula is C24H35N3O6. The van der Waals surface area contributed by atoms with Crippen molar-refractivity contribution in [3.8, 4) is 0 Å². The Morgan fingerprint density at radius 2 is 1.91 bits per heavy atom. The Hall–Kier alpha value is -2.94. The van der Waals surface area contributed by atoms with E-state index in [0.29, 0.717) is 22.6 Å². The van der Waals surface area contributed by atoms with Gasteiger partial charge >= 0.3 is 18.0 Å². The summed E-state index contributed by atoms with van der Waals surface area (Å²) in [7, 11) is 0. The SMILES string of the molecule is [2H]C([2H])([2H])N1C[C@H](C(=O)OC(C)(C)C)N(C(=O)[C@H](C)N[C@@H](CCc2ccccc2)C(=O)OCC)C1=O. The predicted molar refractivity (Wildman–Crippen MR) is 122 cm³/mol. The average molecular weight is 465 g/mol. The summed E-state index contributed by atoms with van der Waals surface area (Å²) in [5, 5.41) is 2.90. The number of carbonyl (C=O) groups excluding carboxylic acids is 4. The molecule has 0 radical (unpaired) electrons. The second kappa shape index (κ2) is 11.3. The van der Waals surface area contributed by atoms with Crippen LogP contribution in [0.15, 0.2) is 30.3 Å². The highest BCUT2D eigenvalue weighted by atomic mass is 16.6. The van der Waals surface area contributed by atoms with Crippen molar-refractivity contribution < 1.29 is 32.8 Å². The minimum Gasteiger partial charge on any atom is -0.465 e. The average Bonchev–Trinajstić information content (AvgIpc) is 3.13. The van der Waals surface area contributed by atoms with Crippen LogP contribution in [-0.2, 0) is 30.3 Å². The molecule has 1 fully saturated rings. The Labute approximate surface area is 199 Å². The number of urea groups is 1. The number of benzene rings is 1. The minimum atomic E-state index is -2.85. The molecule has 0 bridgehead atoms. The summed E-state index contributed by atoms with van der Waals surface area (Å²) < 4.78 is 33.4. The second-order valence-electron chi connectivity index (χ2n) is 8.87. The molecule has 0 spiro atoms. The smallest absolute Gasteiger partial charge is 0.331 e. The Bertz CT molecular complexity index is 949. The van der Waals surface area contributed by atoms with Gasteiger partial charge in [0.25, 0.3) is 0 Å². The Morgan fingerprint density at radius 3 is 2.48 bits per heavy atom. The van der Waals surface area contributed by atoms with E-state index in [4.69, 9.17) is 13.6 Å². The molecule has 1 aliphatic rings. The molecule has 0 saturated carbocycles. The van der Waals surface area contributed by atoms with Gasteiger partial charge in [0.1, 0.15) is 11.6 Å². The van der Waals surface area contributed by atoms with Crippen LogP contribution in [0.4, 0.5) is 4.79 Å². The van der Waals surface area contributed by atoms with Gasteiger partial charge < -0.3 is 14.4 Å². The van der Waals surface area contributed by atoms with E-state index in [-0.39, 0.29) is 6.61 Å². The van der Waals surface area contributed by atoms with Crippen molar-refractivity contribution in [2.45, 2.75) is 71.2 Å². The van der Waals surface area contributed by atoms with Crippen LogP contribution in [0.5, 0.6) is 0 Å². The van der Waals surface area contributed by atoms with Crippen LogP contribution < -0.4 is 5.32 Å². The van der Waals surface area contributed by atoms with Gasteiger partial charge in [-0.3, -0.25) is 14.9 Å². The fourth-order valence-electron chi connectivity index (χ4n) is 3.44. The lowest BCUT2D eigenvalue weighted by molar-refractivity contribution is -0.162. The zero-order chi connectivity index (χ0) is 27.3. The summed E-state index contributed by atoms with van der Waals surface area (Å²) in [6.07, 6.45) is 0.833. The Kier molecular flexibility index (Phi) is 7.47. The van der Waals surface area contributed by atoms with Crippen LogP contribution >= 0.6 is 0 Å². The fourth-order valence-corrected chi connectivity index (χ4v) is 3.44. The first-order chi connectivity index (χ1) is 16.7. The van der Waals surface area contributed by atoms with Crippen molar-refractivity contribution in [3.05, 3.63) is 35.9 Å². The maximum absolute atomic E-state index is 13.4. The fraction of sp³-hybridized carbons (Fsp3) is 0.583. The first-order valence-corrected chi connectivity index (χ1v) is 11.0. The lowest BCUT2D eigenvalue weighted by Gasteiger charge is -2.28. The van der Waals surface area contributed by atoms with E-state index in [2.05, 4.69) is 5.32 Å². The normalized spacial score (nSPS) is 19.8. The van der Waals surface area contributed by atoms with E-state index in [9.17, 15) is 19.2 Å². The van der Waals surface area contributed by atoms with Crippen molar-refractivity contribution in [2.75, 3.05) is 20.1 Å². The number of aryl methyl sites for hydroxylation is 1. The number of hydrogen-bond acceptors (Lipinski definition) is 7. The molecule has 9 heteroatoms. The van der Waals surface area contributed by atoms with Crippen molar-refractivity contribution >= 4 is 23.9 Å². The highest BCUT2D eigenvalue weighted by Crippen LogP contribution is 2.20. The van der Waals surface area contributed by atoms with Crippen molar-refractivity contribution in [1.82, 2.24) is 15.1 Å². The number of likely N-dealkylation sites (N-methyl/N-ethyl adjacent to an activating group) is 1. The van der Waals surface area contributed by atoms with Gasteiger partial charge in [0.15, 0.2) is 6.04 Å². The standard InChI is InChI=1S/C24H35N3O6/c1-7-32-21(29)18(14-13-17-11-9-8-10-12-17)25-16(2)20(28)27-19(15-26(6)23(27)31)22(30)33-24(3,4)5/h8-12,16,18-19,25H,7,13-15H2,1-6H3/t16-,18-,19+/m0/s1/i6D3. The molecular weight excluding hydrogens is 426 g/mol. The molecule has 1 heterocycles. The van der Waals surface area contributed by atoms with Gasteiger partial charge in [-0.15, -0.1) is 0 Å². The van der Waals surface area contributed by atoms with Gasteiger partial charge in [-0.05, 0) is 53.0 Å². The van der Waals surface area contributed by atoms with Crippen LogP contribution in [0.25, 0.3) is 0 Å². The molecule has 1 N–H and O–H groups in total. The van der Waals surface area contributed by atoms with E-state index in [1.807, 2.05) is 30.3 Å². The topological polar surface area (TPSA) is 105 Å². The molecule has 0 aliphatic carbocycles. The summed E-state index contributed by atoms with van der Waals surface area (Å²) in [6, 6.07) is 4.90. The molecule has 0 unspecified atom stereocenters. The number of amides is 3. The highest BCUT2D eigenvalue weighted by Gasteiger charge is 2.46. The van der Waals surface area contributed by atoms with Crippen LogP contribution in [0.1, 0.15) is 50.7 Å². The van der Waals surface area contributed by atoms with Gasteiger partial charge in [-0.2, -0.15) is 0 Å². The summed E-state index contributed by atoms with van der Waals surface area (Å²) in [5.74, 6) is -2.31. The summed E-state index contributed by atoms with van der Waals surface area (Å²) in [4.78, 5) is 52.8. The van der Waals surface area contributed by atoms with Crippen molar-refractivity contribution in [2.24, 2.45) is 0 Å². The van der Waals surface area contributed by atoms with E-state index >= 15 is 0 Å². The first-order valence-electron chi connectivity index (χ1n) is 12.5. The second-order valence-corrected chi connectivity index (χ2v) is 8.87. The zero-order valence-corrected chi connectivity index (χ0v) is 19.8. The third-order valence-electron chi connectivity index (χ3n) is 4.98. The molecule has 3 atom stereocenters. The lowest BCUT2D eigenvalue weighted by Crippen LogP contribution is -2.55. The van der Waals surface area contributed by atoms with Crippen LogP contribution in [0, 0.1) is 0 Å². The third kappa shape index (κ3) is 7.28. The van der Waals surface area contributed by atoms with Gasteiger partial charge in [-0.25, -0.2) is 14.5 Å². The zero-order valence-electron chi connectivity index (χ0n) is 22.8. The molecule has 1 saturated heterocycles. The quantitative estimate of drug-likeness (QED) is 0.558. The van der Waals surface area contributed by atoms with Gasteiger partial charge in [0, 0.05) is 11.1 Å². The third-order valence-corrected chi connectivity index (χ3v) is 4.98. The highest BCUT2D eigenvalue weighted by molar-refractivity contribution is 6.03. The monoisotopic (exact) mass is 464 g/mol. The van der Waals surface area contributed by atoms with Gasteiger partial charge in [0.2, 0.25) is 5.91 Å². The van der Waals surface area contributed by atoms with E-state index < -0.39 is 61.1 Å². The molecule has 33 heavy (non-hydrogen) atoms. The summed E-state index contributed by atoms with van der Waals surface area (Å²) >= 11 is 0. The van der Waals surface area contributed by atoms with E-state index in [1.54, 1.807) is 27.7 Å². The first kappa shape index (κ1) is 21.9. The number of carbonyl (C=O) groups is 4. The Balaban J connectivity index is 2.25. The number of imide groups is 1. The number of ether oxygens (including phenoxy) is 2. The van der Waals surface area contributed by atoms with Crippen molar-refractivity contribution in [1.29, 1.82) is 0 Å². The molecule has 3 amide bonds. The maximum atomic E-state index is 13.4. The number of nitrogens with zero attached hydrogens (tertiary/aromatic N) is 2. The van der Waals surface area contributed by atoms with Gasteiger partial charge in [-0.1, -0.05) is 30.3 Å². The van der Waals surface area contributed by atoms with Gasteiger partial charge in [0.05, 0.1) is 19.2 Å². The maximum Gasteiger partial charge on any atom is 0.331 e. The number of esters is 2. The predicted octanol–water partition coefficient (Wildman–Crippen LogP) is 2.13. The van der Waals surface area contributed by atoms with E-state index in [0.717, 1.165) is 5.56 Å². The molecule has 182 valence electrons. The summed E-state index contributed by atoms with van der Waals surface area (Å²) in [5.41, 5.74) is 0.0686. The van der Waals surface area contributed by atoms with Crippen LogP contribution in [-0.4, -0.2) is 77.5 Å². The van der Waals surface area contributed by atoms with E-state index in [1.165, 1.54) is 6.92 Å². The molecule has 1 aromatic rings. The Morgan fingerprint density at radius 1 is 1.24 bits per heavy atom. The lowest BCUT2D eigenvalue weighted by atomic mass is 10.0. The number of hydrogen-bond donors (Lipinski definition) is 1.